The first-order valence-electron chi connectivity index (χ1n) is 6.34. The smallest absolute Gasteiger partial charge is 0.230 e. The molecule has 2 fully saturated rings. The van der Waals surface area contributed by atoms with Crippen LogP contribution in [0, 0.1) is 0 Å². The zero-order valence-electron chi connectivity index (χ0n) is 9.97. The number of pyridine rings is 1. The summed E-state index contributed by atoms with van der Waals surface area (Å²) < 4.78 is 5.24. The second-order valence-corrected chi connectivity index (χ2v) is 5.32. The van der Waals surface area contributed by atoms with Gasteiger partial charge in [-0.2, -0.15) is 4.98 Å². The van der Waals surface area contributed by atoms with E-state index in [-0.39, 0.29) is 5.54 Å². The molecule has 0 radical (unpaired) electrons. The van der Waals surface area contributed by atoms with Crippen molar-refractivity contribution < 1.29 is 4.52 Å². The zero-order chi connectivity index (χ0) is 12.2. The molecule has 2 aliphatic rings. The Hall–Kier alpha value is -1.75. The van der Waals surface area contributed by atoms with Crippen molar-refractivity contribution in [2.24, 2.45) is 5.73 Å². The van der Waals surface area contributed by atoms with Crippen LogP contribution < -0.4 is 5.73 Å². The third-order valence-electron chi connectivity index (χ3n) is 3.69. The SMILES string of the molecule is NC1(c2ccc(-c3noc(C4CC4)n3)cn2)CC1. The minimum Gasteiger partial charge on any atom is -0.339 e. The predicted octanol–water partition coefficient (Wildman–Crippen LogP) is 1.96. The molecule has 0 unspecified atom stereocenters. The Morgan fingerprint density at radius 2 is 2.11 bits per heavy atom. The first kappa shape index (κ1) is 10.2. The van der Waals surface area contributed by atoms with Gasteiger partial charge in [0.25, 0.3) is 0 Å². The summed E-state index contributed by atoms with van der Waals surface area (Å²) in [4.78, 5) is 8.81. The van der Waals surface area contributed by atoms with E-state index in [1.807, 2.05) is 12.1 Å². The summed E-state index contributed by atoms with van der Waals surface area (Å²) in [5, 5.41) is 4.00. The molecule has 0 aromatic carbocycles. The van der Waals surface area contributed by atoms with Crippen molar-refractivity contribution >= 4 is 0 Å². The molecule has 0 saturated heterocycles. The second-order valence-electron chi connectivity index (χ2n) is 5.32. The van der Waals surface area contributed by atoms with Gasteiger partial charge in [0, 0.05) is 17.7 Å². The molecule has 0 spiro atoms. The topological polar surface area (TPSA) is 77.8 Å². The van der Waals surface area contributed by atoms with Gasteiger partial charge < -0.3 is 10.3 Å². The summed E-state index contributed by atoms with van der Waals surface area (Å²) >= 11 is 0. The van der Waals surface area contributed by atoms with Crippen LogP contribution in [0.3, 0.4) is 0 Å². The Bertz CT molecular complexity index is 581. The van der Waals surface area contributed by atoms with Crippen LogP contribution in [0.25, 0.3) is 11.4 Å². The molecule has 2 saturated carbocycles. The maximum atomic E-state index is 6.10. The molecule has 0 atom stereocenters. The molecule has 92 valence electrons. The number of nitrogens with zero attached hydrogens (tertiary/aromatic N) is 3. The normalized spacial score (nSPS) is 20.9. The third kappa shape index (κ3) is 1.62. The van der Waals surface area contributed by atoms with Crippen molar-refractivity contribution in [1.29, 1.82) is 0 Å². The second kappa shape index (κ2) is 3.38. The van der Waals surface area contributed by atoms with Gasteiger partial charge in [-0.25, -0.2) is 0 Å². The van der Waals surface area contributed by atoms with Crippen LogP contribution in [0.1, 0.15) is 43.2 Å². The summed E-state index contributed by atoms with van der Waals surface area (Å²) in [5.41, 5.74) is 7.75. The molecule has 18 heavy (non-hydrogen) atoms. The van der Waals surface area contributed by atoms with Gasteiger partial charge in [0.1, 0.15) is 0 Å². The molecule has 0 aliphatic heterocycles. The van der Waals surface area contributed by atoms with E-state index >= 15 is 0 Å². The predicted molar refractivity (Wildman–Crippen MR) is 64.6 cm³/mol. The van der Waals surface area contributed by atoms with Crippen molar-refractivity contribution in [1.82, 2.24) is 15.1 Å². The average Bonchev–Trinajstić information content (AvgIpc) is 3.32. The Labute approximate surface area is 104 Å². The molecule has 2 aliphatic carbocycles. The number of aromatic nitrogens is 3. The van der Waals surface area contributed by atoms with Crippen molar-refractivity contribution in [3.63, 3.8) is 0 Å². The van der Waals surface area contributed by atoms with Crippen molar-refractivity contribution in [2.45, 2.75) is 37.1 Å². The summed E-state index contributed by atoms with van der Waals surface area (Å²) in [6.45, 7) is 0. The highest BCUT2D eigenvalue weighted by Crippen LogP contribution is 2.42. The third-order valence-corrected chi connectivity index (χ3v) is 3.69. The van der Waals surface area contributed by atoms with Gasteiger partial charge in [-0.15, -0.1) is 0 Å². The van der Waals surface area contributed by atoms with Gasteiger partial charge >= 0.3 is 0 Å². The fourth-order valence-corrected chi connectivity index (χ4v) is 2.06. The lowest BCUT2D eigenvalue weighted by molar-refractivity contribution is 0.380. The van der Waals surface area contributed by atoms with E-state index in [1.165, 1.54) is 0 Å². The highest BCUT2D eigenvalue weighted by Gasteiger charge is 2.41. The lowest BCUT2D eigenvalue weighted by Crippen LogP contribution is -2.19. The maximum absolute atomic E-state index is 6.10. The summed E-state index contributed by atoms with van der Waals surface area (Å²) in [6.07, 6.45) is 6.15. The van der Waals surface area contributed by atoms with Crippen LogP contribution in [0.2, 0.25) is 0 Å². The van der Waals surface area contributed by atoms with E-state index in [4.69, 9.17) is 10.3 Å². The molecular weight excluding hydrogens is 228 g/mol. The Balaban J connectivity index is 1.63. The molecule has 5 heteroatoms. The van der Waals surface area contributed by atoms with Crippen LogP contribution in [-0.4, -0.2) is 15.1 Å². The summed E-state index contributed by atoms with van der Waals surface area (Å²) in [7, 11) is 0. The van der Waals surface area contributed by atoms with Crippen LogP contribution in [0.5, 0.6) is 0 Å². The molecule has 0 amide bonds. The average molecular weight is 242 g/mol. The van der Waals surface area contributed by atoms with Gasteiger partial charge in [-0.3, -0.25) is 4.98 Å². The number of hydrogen-bond donors (Lipinski definition) is 1. The molecule has 4 rings (SSSR count). The van der Waals surface area contributed by atoms with Crippen LogP contribution in [0.4, 0.5) is 0 Å². The van der Waals surface area contributed by atoms with Crippen LogP contribution in [0.15, 0.2) is 22.9 Å². The monoisotopic (exact) mass is 242 g/mol. The lowest BCUT2D eigenvalue weighted by atomic mass is 10.1. The van der Waals surface area contributed by atoms with Gasteiger partial charge in [0.2, 0.25) is 11.7 Å². The van der Waals surface area contributed by atoms with Crippen LogP contribution in [-0.2, 0) is 5.54 Å². The van der Waals surface area contributed by atoms with Crippen molar-refractivity contribution in [2.75, 3.05) is 0 Å². The Kier molecular flexibility index (Phi) is 1.92. The standard InChI is InChI=1S/C13H14N4O/c14-13(5-6-13)10-4-3-9(7-15-10)11-16-12(18-17-11)8-1-2-8/h3-4,7-8H,1-2,5-6,14H2. The molecule has 0 bridgehead atoms. The number of nitrogens with two attached hydrogens (primary N) is 1. The molecule has 2 aromatic rings. The van der Waals surface area contributed by atoms with E-state index in [1.54, 1.807) is 6.20 Å². The minimum atomic E-state index is -0.186. The van der Waals surface area contributed by atoms with Gasteiger partial charge in [0.05, 0.1) is 11.2 Å². The van der Waals surface area contributed by atoms with E-state index in [9.17, 15) is 0 Å². The van der Waals surface area contributed by atoms with Crippen molar-refractivity contribution in [3.8, 4) is 11.4 Å². The largest absolute Gasteiger partial charge is 0.339 e. The van der Waals surface area contributed by atoms with E-state index in [0.717, 1.165) is 42.8 Å². The van der Waals surface area contributed by atoms with Gasteiger partial charge in [0.15, 0.2) is 0 Å². The fourth-order valence-electron chi connectivity index (χ4n) is 2.06. The number of rotatable bonds is 3. The molecule has 2 heterocycles. The zero-order valence-corrected chi connectivity index (χ0v) is 9.97. The summed E-state index contributed by atoms with van der Waals surface area (Å²) in [6, 6.07) is 3.94. The Morgan fingerprint density at radius 3 is 2.72 bits per heavy atom. The first-order chi connectivity index (χ1) is 8.74. The van der Waals surface area contributed by atoms with E-state index in [2.05, 4.69) is 15.1 Å². The molecule has 2 aromatic heterocycles. The molecule has 5 nitrogen and oxygen atoms in total. The first-order valence-corrected chi connectivity index (χ1v) is 6.34. The quantitative estimate of drug-likeness (QED) is 0.890. The number of hydrogen-bond acceptors (Lipinski definition) is 5. The lowest BCUT2D eigenvalue weighted by Gasteiger charge is -2.07. The highest BCUT2D eigenvalue weighted by atomic mass is 16.5. The highest BCUT2D eigenvalue weighted by molar-refractivity contribution is 5.53. The minimum absolute atomic E-state index is 0.186. The fraction of sp³-hybridized carbons (Fsp3) is 0.462. The molecular formula is C13H14N4O. The van der Waals surface area contributed by atoms with Gasteiger partial charge in [-0.1, -0.05) is 5.16 Å². The Morgan fingerprint density at radius 1 is 1.28 bits per heavy atom. The van der Waals surface area contributed by atoms with Crippen molar-refractivity contribution in [3.05, 3.63) is 29.9 Å². The maximum Gasteiger partial charge on any atom is 0.230 e. The molecule has 2 N–H and O–H groups in total. The van der Waals surface area contributed by atoms with E-state index in [0.29, 0.717) is 11.7 Å². The summed E-state index contributed by atoms with van der Waals surface area (Å²) in [5.74, 6) is 1.86. The van der Waals surface area contributed by atoms with E-state index < -0.39 is 0 Å². The van der Waals surface area contributed by atoms with Crippen LogP contribution >= 0.6 is 0 Å². The van der Waals surface area contributed by atoms with Gasteiger partial charge in [-0.05, 0) is 37.8 Å².